The van der Waals surface area contributed by atoms with Crippen molar-refractivity contribution in [1.82, 2.24) is 4.57 Å². The van der Waals surface area contributed by atoms with Gasteiger partial charge in [-0.25, -0.2) is 8.42 Å². The third kappa shape index (κ3) is 5.95. The molecule has 0 saturated heterocycles. The molecule has 1 aliphatic heterocycles. The molecule has 1 unspecified atom stereocenters. The number of hydrogen-bond acceptors (Lipinski definition) is 6. The lowest BCUT2D eigenvalue weighted by atomic mass is 9.92. The van der Waals surface area contributed by atoms with Crippen molar-refractivity contribution in [2.24, 2.45) is 10.2 Å². The molecule has 12 heteroatoms. The molecule has 2 heterocycles. The number of aromatic nitrogens is 1. The molecule has 0 fully saturated rings. The molecule has 1 aliphatic rings. The third-order valence-electron chi connectivity index (χ3n) is 5.78. The van der Waals surface area contributed by atoms with Crippen molar-refractivity contribution in [2.45, 2.75) is 33.7 Å². The number of sulfonamides is 1. The van der Waals surface area contributed by atoms with Crippen molar-refractivity contribution in [2.75, 3.05) is 16.3 Å². The maximum absolute atomic E-state index is 13.6. The summed E-state index contributed by atoms with van der Waals surface area (Å²) in [5.41, 5.74) is 0.434. The first-order valence-electron chi connectivity index (χ1n) is 11.5. The SMILES string of the molecule is CC(C)(C)CCn1cc(-c2ccccc2)c(O)c(C2=NP(=O)(O)c3cc(NS(C)(=O)=O)ccc3N2)c1=O. The third-order valence-corrected chi connectivity index (χ3v) is 7.85. The van der Waals surface area contributed by atoms with Gasteiger partial charge in [-0.3, -0.25) is 14.1 Å². The van der Waals surface area contributed by atoms with Gasteiger partial charge in [0.05, 0.1) is 17.2 Å². The fourth-order valence-electron chi connectivity index (χ4n) is 3.93. The minimum Gasteiger partial charge on any atom is -0.506 e. The Morgan fingerprint density at radius 2 is 1.81 bits per heavy atom. The minimum atomic E-state index is -4.44. The number of aryl methyl sites for hydroxylation is 1. The lowest BCUT2D eigenvalue weighted by Crippen LogP contribution is -2.33. The molecule has 0 aliphatic carbocycles. The number of nitrogens with zero attached hydrogens (tertiary/aromatic N) is 2. The lowest BCUT2D eigenvalue weighted by molar-refractivity contribution is 0.347. The maximum Gasteiger partial charge on any atom is 0.346 e. The standard InChI is InChI=1S/C25H29N4O6PS/c1-25(2,3)12-13-29-15-18(16-8-6-5-7-9-16)22(30)21(24(29)31)23-26-19-11-10-17(28-37(4,34)35)14-20(19)36(32,33)27-23/h5-11,14-15,28,30H,12-13H2,1-4H3,(H2,26,27,32,33). The highest BCUT2D eigenvalue weighted by Crippen LogP contribution is 2.48. The lowest BCUT2D eigenvalue weighted by Gasteiger charge is -2.24. The van der Waals surface area contributed by atoms with E-state index in [1.807, 2.05) is 6.07 Å². The minimum absolute atomic E-state index is 0.0670. The van der Waals surface area contributed by atoms with Crippen LogP contribution in [0.15, 0.2) is 64.3 Å². The number of fused-ring (bicyclic) bond motifs is 1. The van der Waals surface area contributed by atoms with E-state index in [0.717, 1.165) is 6.26 Å². The molecule has 0 spiro atoms. The van der Waals surface area contributed by atoms with E-state index in [1.165, 1.54) is 22.8 Å². The van der Waals surface area contributed by atoms with Crippen molar-refractivity contribution in [3.05, 3.63) is 70.6 Å². The molecule has 2 aromatic carbocycles. The zero-order valence-corrected chi connectivity index (χ0v) is 22.6. The maximum atomic E-state index is 13.6. The van der Waals surface area contributed by atoms with Gasteiger partial charge in [0.2, 0.25) is 10.0 Å². The molecule has 4 rings (SSSR count). The molecule has 196 valence electrons. The van der Waals surface area contributed by atoms with E-state index in [4.69, 9.17) is 0 Å². The molecular formula is C25H29N4O6PS. The Hall–Kier alpha value is -3.40. The van der Waals surface area contributed by atoms with Crippen molar-refractivity contribution in [3.63, 3.8) is 0 Å². The average molecular weight is 545 g/mol. The first-order valence-corrected chi connectivity index (χ1v) is 15.0. The second-order valence-electron chi connectivity index (χ2n) is 10.2. The summed E-state index contributed by atoms with van der Waals surface area (Å²) in [4.78, 5) is 24.3. The molecule has 1 aromatic heterocycles. The predicted molar refractivity (Wildman–Crippen MR) is 146 cm³/mol. The molecule has 10 nitrogen and oxygen atoms in total. The largest absolute Gasteiger partial charge is 0.506 e. The van der Waals surface area contributed by atoms with Gasteiger partial charge in [0, 0.05) is 24.0 Å². The summed E-state index contributed by atoms with van der Waals surface area (Å²) in [6.07, 6.45) is 3.22. The van der Waals surface area contributed by atoms with Gasteiger partial charge in [-0.2, -0.15) is 4.76 Å². The summed E-state index contributed by atoms with van der Waals surface area (Å²) in [6, 6.07) is 13.0. The van der Waals surface area contributed by atoms with Crippen molar-refractivity contribution >= 4 is 40.1 Å². The molecule has 37 heavy (non-hydrogen) atoms. The Morgan fingerprint density at radius 1 is 1.14 bits per heavy atom. The van der Waals surface area contributed by atoms with Crippen LogP contribution in [-0.4, -0.2) is 35.1 Å². The van der Waals surface area contributed by atoms with Gasteiger partial charge in [-0.15, -0.1) is 0 Å². The van der Waals surface area contributed by atoms with Crippen molar-refractivity contribution in [3.8, 4) is 16.9 Å². The van der Waals surface area contributed by atoms with E-state index >= 15 is 0 Å². The predicted octanol–water partition coefficient (Wildman–Crippen LogP) is 3.71. The van der Waals surface area contributed by atoms with Crippen LogP contribution in [0, 0.1) is 5.41 Å². The monoisotopic (exact) mass is 544 g/mol. The van der Waals surface area contributed by atoms with Gasteiger partial charge in [-0.05, 0) is 35.6 Å². The first-order chi connectivity index (χ1) is 17.1. The van der Waals surface area contributed by atoms with E-state index in [9.17, 15) is 27.8 Å². The number of aromatic hydroxyl groups is 1. The zero-order chi connectivity index (χ0) is 27.2. The normalized spacial score (nSPS) is 17.5. The van der Waals surface area contributed by atoms with Crippen molar-refractivity contribution < 1.29 is 23.0 Å². The quantitative estimate of drug-likeness (QED) is 0.346. The van der Waals surface area contributed by atoms with Gasteiger partial charge in [0.15, 0.2) is 5.84 Å². The van der Waals surface area contributed by atoms with E-state index < -0.39 is 23.1 Å². The van der Waals surface area contributed by atoms with Gasteiger partial charge in [-0.1, -0.05) is 51.1 Å². The van der Waals surface area contributed by atoms with Crippen LogP contribution in [0.2, 0.25) is 0 Å². The number of anilines is 2. The smallest absolute Gasteiger partial charge is 0.346 e. The van der Waals surface area contributed by atoms with Crippen LogP contribution in [0.1, 0.15) is 32.8 Å². The van der Waals surface area contributed by atoms with Crippen LogP contribution < -0.4 is 20.9 Å². The first kappa shape index (κ1) is 26.7. The Balaban J connectivity index is 1.87. The highest BCUT2D eigenvalue weighted by molar-refractivity contribution is 7.92. The number of benzene rings is 2. The Kier molecular flexibility index (Phi) is 6.83. The molecule has 3 aromatic rings. The fraction of sp³-hybridized carbons (Fsp3) is 0.280. The summed E-state index contributed by atoms with van der Waals surface area (Å²) < 4.78 is 44.1. The topological polar surface area (TPSA) is 150 Å². The van der Waals surface area contributed by atoms with Crippen LogP contribution in [0.5, 0.6) is 5.75 Å². The van der Waals surface area contributed by atoms with Crippen molar-refractivity contribution in [1.29, 1.82) is 0 Å². The summed E-state index contributed by atoms with van der Waals surface area (Å²) in [5, 5.41) is 14.0. The number of pyridine rings is 1. The summed E-state index contributed by atoms with van der Waals surface area (Å²) in [7, 11) is -8.06. The highest BCUT2D eigenvalue weighted by Gasteiger charge is 2.34. The second kappa shape index (κ2) is 9.48. The summed E-state index contributed by atoms with van der Waals surface area (Å²) in [5.74, 6) is -0.611. The van der Waals surface area contributed by atoms with E-state index in [0.29, 0.717) is 24.1 Å². The number of rotatable bonds is 6. The highest BCUT2D eigenvalue weighted by atomic mass is 32.2. The van der Waals surface area contributed by atoms with Gasteiger partial charge in [0.1, 0.15) is 11.3 Å². The number of hydrogen-bond donors (Lipinski definition) is 4. The van der Waals surface area contributed by atoms with E-state index in [-0.39, 0.29) is 39.2 Å². The summed E-state index contributed by atoms with van der Waals surface area (Å²) >= 11 is 0. The molecule has 4 N–H and O–H groups in total. The molecule has 0 amide bonds. The van der Waals surface area contributed by atoms with Gasteiger partial charge < -0.3 is 19.9 Å². The molecule has 0 bridgehead atoms. The Morgan fingerprint density at radius 3 is 2.43 bits per heavy atom. The fourth-order valence-corrected chi connectivity index (χ4v) is 5.77. The van der Waals surface area contributed by atoms with Gasteiger partial charge in [0.25, 0.3) is 5.56 Å². The molecule has 0 radical (unpaired) electrons. The molecule has 0 saturated carbocycles. The summed E-state index contributed by atoms with van der Waals surface area (Å²) in [6.45, 7) is 6.51. The number of amidine groups is 1. The van der Waals surface area contributed by atoms with Crippen LogP contribution in [0.25, 0.3) is 11.1 Å². The zero-order valence-electron chi connectivity index (χ0n) is 20.9. The molecular weight excluding hydrogens is 515 g/mol. The Labute approximate surface area is 215 Å². The molecule has 1 atom stereocenters. The van der Waals surface area contributed by atoms with Crippen LogP contribution in [-0.2, 0) is 21.1 Å². The Bertz CT molecular complexity index is 1610. The number of nitrogens with one attached hydrogen (secondary N) is 2. The van der Waals surface area contributed by atoms with Crippen LogP contribution in [0.3, 0.4) is 0 Å². The van der Waals surface area contributed by atoms with Crippen LogP contribution >= 0.6 is 7.52 Å². The van der Waals surface area contributed by atoms with Crippen LogP contribution in [0.4, 0.5) is 11.4 Å². The average Bonchev–Trinajstić information content (AvgIpc) is 2.78. The van der Waals surface area contributed by atoms with Gasteiger partial charge >= 0.3 is 7.52 Å². The van der Waals surface area contributed by atoms with E-state index in [1.54, 1.807) is 30.5 Å². The second-order valence-corrected chi connectivity index (χ2v) is 13.7. The van der Waals surface area contributed by atoms with E-state index in [2.05, 4.69) is 35.6 Å².